The van der Waals surface area contributed by atoms with Gasteiger partial charge >= 0.3 is 0 Å². The van der Waals surface area contributed by atoms with Gasteiger partial charge in [0.1, 0.15) is 5.56 Å². The molecule has 0 saturated heterocycles. The van der Waals surface area contributed by atoms with E-state index in [0.717, 1.165) is 0 Å². The van der Waals surface area contributed by atoms with E-state index >= 15 is 0 Å². The molecule has 2 aromatic rings. The van der Waals surface area contributed by atoms with Crippen molar-refractivity contribution in [3.63, 3.8) is 0 Å². The lowest BCUT2D eigenvalue weighted by molar-refractivity contribution is 0.0903. The van der Waals surface area contributed by atoms with E-state index in [0.29, 0.717) is 11.3 Å². The molecule has 0 fully saturated rings. The summed E-state index contributed by atoms with van der Waals surface area (Å²) in [5.74, 6) is -0.766. The number of aromatic amines is 1. The molecule has 1 aromatic carbocycles. The minimum Gasteiger partial charge on any atom is -0.364 e. The number of aromatic nitrogens is 1. The molecule has 2 N–H and O–H groups in total. The van der Waals surface area contributed by atoms with E-state index in [1.807, 2.05) is 0 Å². The number of carbonyl (C=O) groups excluding carboxylic acids is 2. The third-order valence-corrected chi connectivity index (χ3v) is 2.81. The maximum Gasteiger partial charge on any atom is 0.257 e. The van der Waals surface area contributed by atoms with E-state index in [4.69, 9.17) is 0 Å². The second-order valence-electron chi connectivity index (χ2n) is 4.37. The van der Waals surface area contributed by atoms with Gasteiger partial charge in [0.15, 0.2) is 11.2 Å². The van der Waals surface area contributed by atoms with Crippen LogP contribution in [0.2, 0.25) is 0 Å². The molecule has 0 unspecified atom stereocenters. The van der Waals surface area contributed by atoms with Gasteiger partial charge in [0.2, 0.25) is 0 Å². The summed E-state index contributed by atoms with van der Waals surface area (Å²) in [5.41, 5.74) is 0.819. The Kier molecular flexibility index (Phi) is 4.10. The SMILES string of the molecule is Cc1cc(=O)c(C(=O)NCC(=O)c2ccccc2)c[nH]1. The number of rotatable bonds is 4. The summed E-state index contributed by atoms with van der Waals surface area (Å²) in [6.45, 7) is 1.58. The Balaban J connectivity index is 2.02. The molecule has 5 nitrogen and oxygen atoms in total. The monoisotopic (exact) mass is 270 g/mol. The molecule has 0 aliphatic heterocycles. The minimum atomic E-state index is -0.560. The molecule has 0 radical (unpaired) electrons. The number of hydrogen-bond donors (Lipinski definition) is 2. The van der Waals surface area contributed by atoms with Crippen molar-refractivity contribution in [2.75, 3.05) is 6.54 Å². The van der Waals surface area contributed by atoms with Crippen LogP contribution in [0.25, 0.3) is 0 Å². The second kappa shape index (κ2) is 5.97. The van der Waals surface area contributed by atoms with E-state index in [2.05, 4.69) is 10.3 Å². The van der Waals surface area contributed by atoms with Crippen LogP contribution in [0.1, 0.15) is 26.4 Å². The first-order chi connectivity index (χ1) is 9.58. The first-order valence-electron chi connectivity index (χ1n) is 6.13. The number of aryl methyl sites for hydroxylation is 1. The van der Waals surface area contributed by atoms with Crippen LogP contribution in [-0.2, 0) is 0 Å². The number of H-pyrrole nitrogens is 1. The van der Waals surface area contributed by atoms with Gasteiger partial charge < -0.3 is 10.3 Å². The number of benzene rings is 1. The van der Waals surface area contributed by atoms with Crippen LogP contribution in [0.3, 0.4) is 0 Å². The van der Waals surface area contributed by atoms with Crippen LogP contribution in [0, 0.1) is 6.92 Å². The van der Waals surface area contributed by atoms with Crippen molar-refractivity contribution < 1.29 is 9.59 Å². The van der Waals surface area contributed by atoms with Gasteiger partial charge in [-0.2, -0.15) is 0 Å². The molecule has 1 amide bonds. The normalized spacial score (nSPS) is 10.1. The number of Topliss-reactive ketones (excluding diaryl/α,β-unsaturated/α-hetero) is 1. The number of amides is 1. The second-order valence-corrected chi connectivity index (χ2v) is 4.37. The van der Waals surface area contributed by atoms with Gasteiger partial charge in [-0.25, -0.2) is 0 Å². The van der Waals surface area contributed by atoms with E-state index in [1.54, 1.807) is 37.3 Å². The number of nitrogens with one attached hydrogen (secondary N) is 2. The summed E-state index contributed by atoms with van der Waals surface area (Å²) < 4.78 is 0. The number of hydrogen-bond acceptors (Lipinski definition) is 3. The summed E-state index contributed by atoms with van der Waals surface area (Å²) in [4.78, 5) is 38.1. The highest BCUT2D eigenvalue weighted by Gasteiger charge is 2.12. The molecule has 0 saturated carbocycles. The molecule has 102 valence electrons. The summed E-state index contributed by atoms with van der Waals surface area (Å²) in [5, 5.41) is 2.45. The van der Waals surface area contributed by atoms with Crippen LogP contribution in [0.4, 0.5) is 0 Å². The molecule has 5 heteroatoms. The molecule has 20 heavy (non-hydrogen) atoms. The van der Waals surface area contributed by atoms with Gasteiger partial charge in [-0.15, -0.1) is 0 Å². The van der Waals surface area contributed by atoms with Crippen LogP contribution >= 0.6 is 0 Å². The van der Waals surface area contributed by atoms with Crippen LogP contribution in [-0.4, -0.2) is 23.2 Å². The Morgan fingerprint density at radius 1 is 1.20 bits per heavy atom. The van der Waals surface area contributed by atoms with Gasteiger partial charge in [-0.1, -0.05) is 30.3 Å². The van der Waals surface area contributed by atoms with Gasteiger partial charge in [0.05, 0.1) is 6.54 Å². The number of ketones is 1. The minimum absolute atomic E-state index is 0.00328. The van der Waals surface area contributed by atoms with E-state index in [1.165, 1.54) is 12.3 Å². The summed E-state index contributed by atoms with van der Waals surface area (Å²) >= 11 is 0. The summed E-state index contributed by atoms with van der Waals surface area (Å²) in [7, 11) is 0. The van der Waals surface area contributed by atoms with Crippen molar-refractivity contribution in [2.45, 2.75) is 6.92 Å². The van der Waals surface area contributed by atoms with Gasteiger partial charge in [-0.3, -0.25) is 14.4 Å². The Labute approximate surface area is 115 Å². The Morgan fingerprint density at radius 2 is 1.90 bits per heavy atom. The zero-order valence-electron chi connectivity index (χ0n) is 11.0. The molecule has 0 atom stereocenters. The highest BCUT2D eigenvalue weighted by molar-refractivity contribution is 6.01. The van der Waals surface area contributed by atoms with Crippen molar-refractivity contribution in [3.05, 3.63) is 69.6 Å². The molecule has 0 spiro atoms. The van der Waals surface area contributed by atoms with Crippen molar-refractivity contribution in [2.24, 2.45) is 0 Å². The standard InChI is InChI=1S/C15H14N2O3/c1-10-7-13(18)12(8-16-10)15(20)17-9-14(19)11-5-3-2-4-6-11/h2-8H,9H2,1H3,(H,16,18)(H,17,20). The van der Waals surface area contributed by atoms with Crippen molar-refractivity contribution in [1.29, 1.82) is 0 Å². The quantitative estimate of drug-likeness (QED) is 0.822. The predicted molar refractivity (Wildman–Crippen MR) is 74.9 cm³/mol. The Hall–Kier alpha value is -2.69. The van der Waals surface area contributed by atoms with Crippen molar-refractivity contribution in [1.82, 2.24) is 10.3 Å². The smallest absolute Gasteiger partial charge is 0.257 e. The Bertz CT molecular complexity index is 690. The fraction of sp³-hybridized carbons (Fsp3) is 0.133. The predicted octanol–water partition coefficient (Wildman–Crippen LogP) is 1.30. The third kappa shape index (κ3) is 3.20. The lowest BCUT2D eigenvalue weighted by Gasteiger charge is -2.04. The molecule has 0 aliphatic rings. The van der Waals surface area contributed by atoms with Crippen LogP contribution in [0.15, 0.2) is 47.4 Å². The fourth-order valence-corrected chi connectivity index (χ4v) is 1.73. The topological polar surface area (TPSA) is 79.0 Å². The van der Waals surface area contributed by atoms with Crippen molar-refractivity contribution >= 4 is 11.7 Å². The van der Waals surface area contributed by atoms with Gasteiger partial charge in [0, 0.05) is 23.5 Å². The molecule has 1 aromatic heterocycles. The number of pyridine rings is 1. The van der Waals surface area contributed by atoms with Crippen molar-refractivity contribution in [3.8, 4) is 0 Å². The summed E-state index contributed by atoms with van der Waals surface area (Å²) in [6, 6.07) is 9.99. The lowest BCUT2D eigenvalue weighted by Crippen LogP contribution is -2.32. The van der Waals surface area contributed by atoms with E-state index < -0.39 is 5.91 Å². The first-order valence-corrected chi connectivity index (χ1v) is 6.13. The molecular weight excluding hydrogens is 256 g/mol. The maximum atomic E-state index is 11.8. The Morgan fingerprint density at radius 3 is 2.55 bits per heavy atom. The maximum absolute atomic E-state index is 11.8. The van der Waals surface area contributed by atoms with Gasteiger partial charge in [-0.05, 0) is 6.92 Å². The largest absolute Gasteiger partial charge is 0.364 e. The number of carbonyl (C=O) groups is 2. The molecule has 0 aliphatic carbocycles. The average Bonchev–Trinajstić information content (AvgIpc) is 2.45. The first kappa shape index (κ1) is 13.7. The molecule has 2 rings (SSSR count). The van der Waals surface area contributed by atoms with E-state index in [-0.39, 0.29) is 23.3 Å². The lowest BCUT2D eigenvalue weighted by atomic mass is 10.1. The zero-order chi connectivity index (χ0) is 14.5. The highest BCUT2D eigenvalue weighted by Crippen LogP contribution is 1.99. The van der Waals surface area contributed by atoms with Crippen LogP contribution in [0.5, 0.6) is 0 Å². The molecular formula is C15H14N2O3. The van der Waals surface area contributed by atoms with Crippen LogP contribution < -0.4 is 10.7 Å². The summed E-state index contributed by atoms with van der Waals surface area (Å²) in [6.07, 6.45) is 1.35. The highest BCUT2D eigenvalue weighted by atomic mass is 16.2. The molecule has 1 heterocycles. The van der Waals surface area contributed by atoms with Gasteiger partial charge in [0.25, 0.3) is 5.91 Å². The molecule has 0 bridgehead atoms. The average molecular weight is 270 g/mol. The zero-order valence-corrected chi connectivity index (χ0v) is 11.0. The third-order valence-electron chi connectivity index (χ3n) is 2.81. The van der Waals surface area contributed by atoms with E-state index in [9.17, 15) is 14.4 Å². The fourth-order valence-electron chi connectivity index (χ4n) is 1.73.